The van der Waals surface area contributed by atoms with Gasteiger partial charge < -0.3 is 5.32 Å². The Morgan fingerprint density at radius 1 is 1.09 bits per heavy atom. The van der Waals surface area contributed by atoms with Crippen LogP contribution in [0.15, 0.2) is 48.5 Å². The number of para-hydroxylation sites is 1. The van der Waals surface area contributed by atoms with E-state index in [0.29, 0.717) is 0 Å². The Bertz CT molecular complexity index is 728. The maximum Gasteiger partial charge on any atom is 0.256 e. The highest BCUT2D eigenvalue weighted by Crippen LogP contribution is 2.27. The van der Waals surface area contributed by atoms with Crippen molar-refractivity contribution in [2.24, 2.45) is 0 Å². The molecule has 0 unspecified atom stereocenters. The highest BCUT2D eigenvalue weighted by molar-refractivity contribution is 6.23. The number of carbonyl (C=O) groups is 2. The monoisotopic (exact) mass is 298 g/mol. The van der Waals surface area contributed by atoms with Crippen molar-refractivity contribution in [1.29, 1.82) is 0 Å². The van der Waals surface area contributed by atoms with Crippen LogP contribution in [0.4, 0.5) is 15.8 Å². The predicted molar refractivity (Wildman–Crippen MR) is 82.1 cm³/mol. The van der Waals surface area contributed by atoms with Gasteiger partial charge in [-0.15, -0.1) is 0 Å². The maximum atomic E-state index is 13.8. The predicted octanol–water partition coefficient (Wildman–Crippen LogP) is 2.88. The lowest BCUT2D eigenvalue weighted by Crippen LogP contribution is -2.35. The molecule has 0 saturated carbocycles. The molecular weight excluding hydrogens is 283 g/mol. The van der Waals surface area contributed by atoms with Crippen LogP contribution in [-0.4, -0.2) is 17.9 Å². The maximum absolute atomic E-state index is 13.8. The van der Waals surface area contributed by atoms with E-state index in [2.05, 4.69) is 5.32 Å². The fourth-order valence-corrected chi connectivity index (χ4v) is 2.48. The molecule has 0 spiro atoms. The van der Waals surface area contributed by atoms with Crippen LogP contribution in [0.1, 0.15) is 12.0 Å². The van der Waals surface area contributed by atoms with Crippen molar-refractivity contribution >= 4 is 23.2 Å². The molecule has 1 heterocycles. The fourth-order valence-electron chi connectivity index (χ4n) is 2.48. The average Bonchev–Trinajstić information content (AvgIpc) is 2.77. The highest BCUT2D eigenvalue weighted by atomic mass is 19.1. The number of rotatable bonds is 3. The van der Waals surface area contributed by atoms with Gasteiger partial charge in [-0.25, -0.2) is 9.29 Å². The van der Waals surface area contributed by atoms with Gasteiger partial charge in [0.2, 0.25) is 5.91 Å². The molecule has 0 aliphatic carbocycles. The minimum Gasteiger partial charge on any atom is -0.373 e. The van der Waals surface area contributed by atoms with E-state index in [4.69, 9.17) is 0 Å². The minimum atomic E-state index is -0.671. The van der Waals surface area contributed by atoms with Crippen LogP contribution in [0, 0.1) is 12.7 Å². The van der Waals surface area contributed by atoms with Crippen LogP contribution in [0.25, 0.3) is 0 Å². The van der Waals surface area contributed by atoms with Crippen molar-refractivity contribution in [3.63, 3.8) is 0 Å². The summed E-state index contributed by atoms with van der Waals surface area (Å²) in [5.74, 6) is -1.42. The second kappa shape index (κ2) is 5.60. The number of nitrogens with one attached hydrogen (secondary N) is 1. The van der Waals surface area contributed by atoms with Crippen LogP contribution >= 0.6 is 0 Å². The van der Waals surface area contributed by atoms with E-state index in [1.54, 1.807) is 6.07 Å². The first kappa shape index (κ1) is 14.3. The summed E-state index contributed by atoms with van der Waals surface area (Å²) in [7, 11) is 0. The summed E-state index contributed by atoms with van der Waals surface area (Å²) in [5.41, 5.74) is 1.87. The van der Waals surface area contributed by atoms with Gasteiger partial charge in [0.05, 0.1) is 12.1 Å². The molecule has 1 saturated heterocycles. The molecular formula is C17H15FN2O2. The smallest absolute Gasteiger partial charge is 0.256 e. The van der Waals surface area contributed by atoms with Crippen molar-refractivity contribution in [2.75, 3.05) is 10.2 Å². The van der Waals surface area contributed by atoms with Crippen molar-refractivity contribution in [3.05, 3.63) is 59.9 Å². The first-order chi connectivity index (χ1) is 10.6. The number of carbonyl (C=O) groups excluding carboxylic acids is 2. The van der Waals surface area contributed by atoms with E-state index in [-0.39, 0.29) is 12.1 Å². The first-order valence-corrected chi connectivity index (χ1v) is 7.01. The van der Waals surface area contributed by atoms with Crippen LogP contribution in [-0.2, 0) is 9.59 Å². The standard InChI is InChI=1S/C17H15FN2O2/c1-11-6-8-12(9-7-11)19-14-10-16(21)20(17(14)22)15-5-3-2-4-13(15)18/h2-9,14,19H,10H2,1H3/t14-/m0/s1. The Kier molecular flexibility index (Phi) is 3.63. The van der Waals surface area contributed by atoms with Crippen molar-refractivity contribution in [1.82, 2.24) is 0 Å². The Balaban J connectivity index is 1.82. The number of amides is 2. The van der Waals surface area contributed by atoms with E-state index in [9.17, 15) is 14.0 Å². The second-order valence-corrected chi connectivity index (χ2v) is 5.29. The number of anilines is 2. The average molecular weight is 298 g/mol. The molecule has 0 aromatic heterocycles. The van der Waals surface area contributed by atoms with E-state index in [1.165, 1.54) is 18.2 Å². The summed E-state index contributed by atoms with van der Waals surface area (Å²) in [5, 5.41) is 3.03. The Labute approximate surface area is 127 Å². The van der Waals surface area contributed by atoms with Gasteiger partial charge in [-0.2, -0.15) is 0 Å². The van der Waals surface area contributed by atoms with Crippen molar-refractivity contribution in [3.8, 4) is 0 Å². The van der Waals surface area contributed by atoms with Crippen LogP contribution in [0.5, 0.6) is 0 Å². The van der Waals surface area contributed by atoms with E-state index in [0.717, 1.165) is 16.2 Å². The molecule has 1 N–H and O–H groups in total. The third kappa shape index (κ3) is 2.57. The molecule has 3 rings (SSSR count). The number of imide groups is 1. The van der Waals surface area contributed by atoms with Gasteiger partial charge in [-0.1, -0.05) is 29.8 Å². The number of aryl methyl sites for hydroxylation is 1. The highest BCUT2D eigenvalue weighted by Gasteiger charge is 2.40. The molecule has 4 nitrogen and oxygen atoms in total. The third-order valence-electron chi connectivity index (χ3n) is 3.63. The number of hydrogen-bond acceptors (Lipinski definition) is 3. The molecule has 1 fully saturated rings. The zero-order valence-corrected chi connectivity index (χ0v) is 12.0. The van der Waals surface area contributed by atoms with E-state index < -0.39 is 23.7 Å². The third-order valence-corrected chi connectivity index (χ3v) is 3.63. The first-order valence-electron chi connectivity index (χ1n) is 7.01. The Morgan fingerprint density at radius 2 is 1.77 bits per heavy atom. The molecule has 112 valence electrons. The summed E-state index contributed by atoms with van der Waals surface area (Å²) < 4.78 is 13.8. The van der Waals surface area contributed by atoms with Gasteiger partial charge in [0, 0.05) is 5.69 Å². The lowest BCUT2D eigenvalue weighted by atomic mass is 10.2. The summed E-state index contributed by atoms with van der Waals surface area (Å²) in [4.78, 5) is 25.4. The molecule has 2 aromatic carbocycles. The summed E-state index contributed by atoms with van der Waals surface area (Å²) >= 11 is 0. The number of hydrogen-bond donors (Lipinski definition) is 1. The molecule has 5 heteroatoms. The molecule has 0 radical (unpaired) electrons. The topological polar surface area (TPSA) is 49.4 Å². The van der Waals surface area contributed by atoms with E-state index >= 15 is 0 Å². The summed E-state index contributed by atoms with van der Waals surface area (Å²) in [6.45, 7) is 1.97. The van der Waals surface area contributed by atoms with Crippen LogP contribution < -0.4 is 10.2 Å². The lowest BCUT2D eigenvalue weighted by molar-refractivity contribution is -0.121. The quantitative estimate of drug-likeness (QED) is 0.886. The zero-order chi connectivity index (χ0) is 15.7. The molecule has 22 heavy (non-hydrogen) atoms. The Morgan fingerprint density at radius 3 is 2.45 bits per heavy atom. The fraction of sp³-hybridized carbons (Fsp3) is 0.176. The molecule has 1 aliphatic heterocycles. The van der Waals surface area contributed by atoms with Crippen molar-refractivity contribution in [2.45, 2.75) is 19.4 Å². The minimum absolute atomic E-state index is 0.00528. The van der Waals surface area contributed by atoms with Crippen molar-refractivity contribution < 1.29 is 14.0 Å². The Hall–Kier alpha value is -2.69. The number of benzene rings is 2. The van der Waals surface area contributed by atoms with Gasteiger partial charge in [0.1, 0.15) is 11.9 Å². The summed E-state index contributed by atoms with van der Waals surface area (Å²) in [6.07, 6.45) is 0.0149. The van der Waals surface area contributed by atoms with Gasteiger partial charge in [-0.3, -0.25) is 9.59 Å². The second-order valence-electron chi connectivity index (χ2n) is 5.29. The number of halogens is 1. The molecule has 2 aromatic rings. The summed E-state index contributed by atoms with van der Waals surface area (Å²) in [6, 6.07) is 12.6. The van der Waals surface area contributed by atoms with Crippen LogP contribution in [0.3, 0.4) is 0 Å². The van der Waals surface area contributed by atoms with Crippen LogP contribution in [0.2, 0.25) is 0 Å². The van der Waals surface area contributed by atoms with E-state index in [1.807, 2.05) is 31.2 Å². The molecule has 0 bridgehead atoms. The zero-order valence-electron chi connectivity index (χ0n) is 12.0. The van der Waals surface area contributed by atoms with Gasteiger partial charge in [0.25, 0.3) is 5.91 Å². The lowest BCUT2D eigenvalue weighted by Gasteiger charge is -2.16. The molecule has 1 atom stereocenters. The van der Waals surface area contributed by atoms with Gasteiger partial charge in [0.15, 0.2) is 0 Å². The van der Waals surface area contributed by atoms with Gasteiger partial charge >= 0.3 is 0 Å². The largest absolute Gasteiger partial charge is 0.373 e. The number of nitrogens with zero attached hydrogens (tertiary/aromatic N) is 1. The normalized spacial score (nSPS) is 17.9. The molecule has 2 amide bonds. The SMILES string of the molecule is Cc1ccc(N[C@H]2CC(=O)N(c3ccccc3F)C2=O)cc1. The van der Waals surface area contributed by atoms with Gasteiger partial charge in [-0.05, 0) is 31.2 Å². The molecule has 1 aliphatic rings.